The average molecular weight is 447 g/mol. The van der Waals surface area contributed by atoms with Gasteiger partial charge < -0.3 is 4.57 Å². The number of pyridine rings is 1. The fourth-order valence-electron chi connectivity index (χ4n) is 3.06. The van der Waals surface area contributed by atoms with Crippen molar-refractivity contribution in [3.63, 3.8) is 0 Å². The lowest BCUT2D eigenvalue weighted by Crippen LogP contribution is -2.11. The number of nitrogens with zero attached hydrogens (tertiary/aromatic N) is 9. The fourth-order valence-corrected chi connectivity index (χ4v) is 4.21. The summed E-state index contributed by atoms with van der Waals surface area (Å²) < 4.78 is 43.7. The SMILES string of the molecule is C=S(=O)(CC)c1cc(-c2nnnn2C)cnc1-c1nc2cc(C(C)(F)F)nnc2n1C. The summed E-state index contributed by atoms with van der Waals surface area (Å²) in [5.74, 6) is 1.74. The first kappa shape index (κ1) is 20.9. The van der Waals surface area contributed by atoms with E-state index in [1.807, 2.05) is 0 Å². The van der Waals surface area contributed by atoms with Gasteiger partial charge in [0.1, 0.15) is 16.9 Å². The Hall–Kier alpha value is -3.35. The highest BCUT2D eigenvalue weighted by Crippen LogP contribution is 2.32. The first-order valence-corrected chi connectivity index (χ1v) is 11.1. The first-order valence-electron chi connectivity index (χ1n) is 9.19. The van der Waals surface area contributed by atoms with Gasteiger partial charge in [0, 0.05) is 38.5 Å². The number of tetrazole rings is 1. The van der Waals surface area contributed by atoms with Gasteiger partial charge in [0.15, 0.2) is 17.3 Å². The Balaban J connectivity index is 1.96. The summed E-state index contributed by atoms with van der Waals surface area (Å²) in [7, 11) is 0.596. The molecule has 0 aliphatic heterocycles. The van der Waals surface area contributed by atoms with Crippen LogP contribution in [0.1, 0.15) is 19.5 Å². The molecule has 0 saturated carbocycles. The number of aryl methyl sites for hydroxylation is 2. The topological polar surface area (TPSA) is 117 Å². The predicted molar refractivity (Wildman–Crippen MR) is 111 cm³/mol. The van der Waals surface area contributed by atoms with Crippen LogP contribution in [0.25, 0.3) is 34.1 Å². The second-order valence-corrected chi connectivity index (χ2v) is 9.76. The van der Waals surface area contributed by atoms with Crippen molar-refractivity contribution >= 4 is 26.6 Å². The zero-order valence-electron chi connectivity index (χ0n) is 17.2. The molecular weight excluding hydrogens is 428 g/mol. The Morgan fingerprint density at radius 2 is 1.90 bits per heavy atom. The molecule has 1 unspecified atom stereocenters. The van der Waals surface area contributed by atoms with Gasteiger partial charge >= 0.3 is 0 Å². The second-order valence-electron chi connectivity index (χ2n) is 7.12. The molecule has 10 nitrogen and oxygen atoms in total. The molecule has 4 rings (SSSR count). The molecule has 0 radical (unpaired) electrons. The highest BCUT2D eigenvalue weighted by molar-refractivity contribution is 8.00. The summed E-state index contributed by atoms with van der Waals surface area (Å²) in [6.07, 6.45) is 1.53. The van der Waals surface area contributed by atoms with E-state index >= 15 is 0 Å². The minimum atomic E-state index is -3.15. The predicted octanol–water partition coefficient (Wildman–Crippen LogP) is 1.82. The molecule has 0 saturated heterocycles. The van der Waals surface area contributed by atoms with E-state index in [1.165, 1.54) is 16.9 Å². The Bertz CT molecular complexity index is 1400. The lowest BCUT2D eigenvalue weighted by molar-refractivity contribution is 0.0120. The van der Waals surface area contributed by atoms with Crippen LogP contribution >= 0.6 is 0 Å². The molecule has 0 fully saturated rings. The Morgan fingerprint density at radius 1 is 1.16 bits per heavy atom. The summed E-state index contributed by atoms with van der Waals surface area (Å²) in [5, 5.41) is 18.9. The number of fused-ring (bicyclic) bond motifs is 1. The van der Waals surface area contributed by atoms with Crippen LogP contribution < -0.4 is 0 Å². The van der Waals surface area contributed by atoms with Gasteiger partial charge in [-0.1, -0.05) is 6.92 Å². The van der Waals surface area contributed by atoms with E-state index in [0.717, 1.165) is 6.92 Å². The number of alkyl halides is 2. The van der Waals surface area contributed by atoms with E-state index in [0.29, 0.717) is 33.4 Å². The fraction of sp³-hybridized carbons (Fsp3) is 0.333. The molecule has 0 aromatic carbocycles. The number of imidazole rings is 1. The van der Waals surface area contributed by atoms with Crippen molar-refractivity contribution in [1.29, 1.82) is 0 Å². The minimum Gasteiger partial charge on any atom is -0.309 e. The van der Waals surface area contributed by atoms with Crippen molar-refractivity contribution in [2.75, 3.05) is 5.75 Å². The third-order valence-corrected chi connectivity index (χ3v) is 6.92. The van der Waals surface area contributed by atoms with Gasteiger partial charge in [-0.15, -0.1) is 15.3 Å². The normalized spacial score (nSPS) is 14.1. The van der Waals surface area contributed by atoms with Crippen LogP contribution in [0.2, 0.25) is 0 Å². The van der Waals surface area contributed by atoms with E-state index in [9.17, 15) is 13.0 Å². The Kier molecular flexibility index (Phi) is 4.80. The molecule has 4 heterocycles. The van der Waals surface area contributed by atoms with E-state index < -0.39 is 21.1 Å². The summed E-state index contributed by atoms with van der Waals surface area (Å²) in [6, 6.07) is 2.86. The van der Waals surface area contributed by atoms with Gasteiger partial charge in [-0.25, -0.2) is 9.67 Å². The zero-order chi connectivity index (χ0) is 22.6. The second kappa shape index (κ2) is 7.11. The van der Waals surface area contributed by atoms with Gasteiger partial charge in [-0.3, -0.25) is 9.19 Å². The van der Waals surface area contributed by atoms with Crippen LogP contribution in [0.4, 0.5) is 8.78 Å². The smallest absolute Gasteiger partial charge is 0.288 e. The summed E-state index contributed by atoms with van der Waals surface area (Å²) in [4.78, 5) is 9.28. The van der Waals surface area contributed by atoms with Gasteiger partial charge in [0.05, 0.1) is 4.90 Å². The molecule has 162 valence electrons. The third kappa shape index (κ3) is 3.54. The molecule has 0 aliphatic carbocycles. The van der Waals surface area contributed by atoms with E-state index in [1.54, 1.807) is 31.7 Å². The molecule has 0 bridgehead atoms. The summed E-state index contributed by atoms with van der Waals surface area (Å²) in [5.41, 5.74) is 0.904. The number of rotatable bonds is 5. The van der Waals surface area contributed by atoms with Gasteiger partial charge in [-0.2, -0.15) is 8.78 Å². The van der Waals surface area contributed by atoms with Gasteiger partial charge in [-0.05, 0) is 38.0 Å². The number of hydrogen-bond donors (Lipinski definition) is 0. The van der Waals surface area contributed by atoms with Crippen LogP contribution in [-0.4, -0.2) is 60.8 Å². The Morgan fingerprint density at radius 3 is 2.52 bits per heavy atom. The maximum absolute atomic E-state index is 13.7. The molecule has 0 spiro atoms. The maximum Gasteiger partial charge on any atom is 0.288 e. The van der Waals surface area contributed by atoms with Crippen LogP contribution in [0.5, 0.6) is 0 Å². The van der Waals surface area contributed by atoms with Crippen molar-refractivity contribution in [1.82, 2.24) is 44.9 Å². The third-order valence-electron chi connectivity index (χ3n) is 4.88. The highest BCUT2D eigenvalue weighted by atomic mass is 32.2. The van der Waals surface area contributed by atoms with Crippen molar-refractivity contribution in [3.05, 3.63) is 24.0 Å². The lowest BCUT2D eigenvalue weighted by Gasteiger charge is -2.13. The summed E-state index contributed by atoms with van der Waals surface area (Å²) >= 11 is 0. The molecule has 0 N–H and O–H groups in total. The highest BCUT2D eigenvalue weighted by Gasteiger charge is 2.29. The number of halogens is 2. The quantitative estimate of drug-likeness (QED) is 0.425. The summed E-state index contributed by atoms with van der Waals surface area (Å²) in [6.45, 7) is 2.50. The van der Waals surface area contributed by atoms with E-state index in [4.69, 9.17) is 0 Å². The molecule has 0 amide bonds. The van der Waals surface area contributed by atoms with Crippen LogP contribution in [0.3, 0.4) is 0 Å². The van der Waals surface area contributed by atoms with Crippen molar-refractivity contribution in [2.45, 2.75) is 24.7 Å². The minimum absolute atomic E-state index is 0.227. The van der Waals surface area contributed by atoms with Crippen molar-refractivity contribution in [3.8, 4) is 22.9 Å². The van der Waals surface area contributed by atoms with Crippen LogP contribution in [0.15, 0.2) is 23.2 Å². The van der Waals surface area contributed by atoms with Crippen molar-refractivity contribution < 1.29 is 13.0 Å². The van der Waals surface area contributed by atoms with E-state index in [2.05, 4.69) is 41.6 Å². The lowest BCUT2D eigenvalue weighted by atomic mass is 10.2. The molecule has 31 heavy (non-hydrogen) atoms. The molecular formula is C18H19F2N9OS. The first-order chi connectivity index (χ1) is 14.5. The monoisotopic (exact) mass is 447 g/mol. The molecule has 13 heteroatoms. The maximum atomic E-state index is 13.7. The standard InChI is InChI=1S/C18H19F2N9OS/c1-6-31(5,30)12-7-10(15-25-26-27-29(15)4)9-21-14(12)17-22-11-8-13(18(2,19)20)23-24-16(11)28(17)3/h7-9H,5-6H2,1-4H3. The largest absolute Gasteiger partial charge is 0.309 e. The average Bonchev–Trinajstić information content (AvgIpc) is 3.30. The molecule has 4 aromatic heterocycles. The van der Waals surface area contributed by atoms with Crippen molar-refractivity contribution in [2.24, 2.45) is 14.1 Å². The van der Waals surface area contributed by atoms with Gasteiger partial charge in [0.2, 0.25) is 0 Å². The van der Waals surface area contributed by atoms with Crippen LogP contribution in [-0.2, 0) is 29.5 Å². The number of hydrogen-bond acceptors (Lipinski definition) is 8. The number of aromatic nitrogens is 9. The molecule has 4 aromatic rings. The molecule has 0 aliphatic rings. The van der Waals surface area contributed by atoms with Crippen LogP contribution in [0, 0.1) is 0 Å². The zero-order valence-corrected chi connectivity index (χ0v) is 18.1. The molecule has 1 atom stereocenters. The Labute approximate surface area is 176 Å². The van der Waals surface area contributed by atoms with E-state index in [-0.39, 0.29) is 11.3 Å². The van der Waals surface area contributed by atoms with Gasteiger partial charge in [0.25, 0.3) is 5.92 Å².